The summed E-state index contributed by atoms with van der Waals surface area (Å²) in [5.74, 6) is 0.948. The molecule has 1 aromatic carbocycles. The number of carbonyl (C=O) groups is 1. The van der Waals surface area contributed by atoms with Gasteiger partial charge in [0.15, 0.2) is 10.3 Å². The van der Waals surface area contributed by atoms with E-state index >= 15 is 0 Å². The first-order valence-electron chi connectivity index (χ1n) is 8.22. The lowest BCUT2D eigenvalue weighted by molar-refractivity contribution is -0.113. The Morgan fingerprint density at radius 1 is 1.26 bits per heavy atom. The van der Waals surface area contributed by atoms with Gasteiger partial charge in [-0.25, -0.2) is 9.97 Å². The third-order valence-electron chi connectivity index (χ3n) is 3.73. The lowest BCUT2D eigenvalue weighted by Gasteiger charge is -2.12. The summed E-state index contributed by atoms with van der Waals surface area (Å²) < 4.78 is 12.5. The fraction of sp³-hybridized carbons (Fsp3) is 0.278. The molecule has 0 aliphatic heterocycles. The second kappa shape index (κ2) is 9.54. The van der Waals surface area contributed by atoms with Crippen molar-refractivity contribution in [3.8, 4) is 17.0 Å². The molecule has 0 aliphatic carbocycles. The van der Waals surface area contributed by atoms with Gasteiger partial charge in [0, 0.05) is 30.8 Å². The second-order valence-corrected chi connectivity index (χ2v) is 7.31. The summed E-state index contributed by atoms with van der Waals surface area (Å²) in [5.41, 5.74) is 2.00. The molecule has 0 atom stereocenters. The number of methoxy groups -OCH3 is 2. The van der Waals surface area contributed by atoms with Crippen LogP contribution >= 0.6 is 23.1 Å². The van der Waals surface area contributed by atoms with Gasteiger partial charge in [-0.15, -0.1) is 11.3 Å². The van der Waals surface area contributed by atoms with Gasteiger partial charge in [0.25, 0.3) is 0 Å². The topological polar surface area (TPSA) is 78.3 Å². The van der Waals surface area contributed by atoms with Gasteiger partial charge < -0.3 is 19.4 Å². The van der Waals surface area contributed by atoms with Crippen LogP contribution in [0.2, 0.25) is 0 Å². The van der Waals surface area contributed by atoms with Crippen LogP contribution < -0.4 is 10.1 Å². The van der Waals surface area contributed by atoms with Gasteiger partial charge >= 0.3 is 0 Å². The molecule has 142 valence electrons. The summed E-state index contributed by atoms with van der Waals surface area (Å²) in [7, 11) is 3.31. The number of nitrogens with one attached hydrogen (secondary N) is 1. The number of aromatic nitrogens is 3. The molecule has 3 rings (SSSR count). The van der Waals surface area contributed by atoms with Crippen molar-refractivity contribution in [1.82, 2.24) is 14.5 Å². The predicted molar refractivity (Wildman–Crippen MR) is 108 cm³/mol. The first-order valence-corrected chi connectivity index (χ1v) is 10.1. The normalized spacial score (nSPS) is 10.7. The molecule has 2 heterocycles. The van der Waals surface area contributed by atoms with E-state index in [1.807, 2.05) is 35.8 Å². The van der Waals surface area contributed by atoms with Gasteiger partial charge in [-0.2, -0.15) is 0 Å². The van der Waals surface area contributed by atoms with Gasteiger partial charge in [-0.05, 0) is 24.3 Å². The van der Waals surface area contributed by atoms with E-state index in [-0.39, 0.29) is 11.7 Å². The number of imidazole rings is 1. The second-order valence-electron chi connectivity index (χ2n) is 5.47. The Labute approximate surface area is 165 Å². The highest BCUT2D eigenvalue weighted by atomic mass is 32.2. The zero-order valence-corrected chi connectivity index (χ0v) is 16.7. The fourth-order valence-corrected chi connectivity index (χ4v) is 3.79. The molecule has 0 unspecified atom stereocenters. The molecule has 0 saturated carbocycles. The molecule has 0 aliphatic rings. The number of rotatable bonds is 9. The van der Waals surface area contributed by atoms with Crippen molar-refractivity contribution in [2.75, 3.05) is 31.9 Å². The molecule has 7 nitrogen and oxygen atoms in total. The molecule has 0 saturated heterocycles. The van der Waals surface area contributed by atoms with Gasteiger partial charge in [0.05, 0.1) is 31.4 Å². The summed E-state index contributed by atoms with van der Waals surface area (Å²) in [6.07, 6.45) is 3.48. The number of thiazole rings is 1. The zero-order valence-electron chi connectivity index (χ0n) is 15.0. The summed E-state index contributed by atoms with van der Waals surface area (Å²) in [4.78, 5) is 20.7. The lowest BCUT2D eigenvalue weighted by atomic mass is 10.1. The lowest BCUT2D eigenvalue weighted by Crippen LogP contribution is -2.15. The Morgan fingerprint density at radius 3 is 2.74 bits per heavy atom. The third kappa shape index (κ3) is 5.09. The Morgan fingerprint density at radius 2 is 2.07 bits per heavy atom. The van der Waals surface area contributed by atoms with Crippen LogP contribution in [0, 0.1) is 0 Å². The van der Waals surface area contributed by atoms with Crippen LogP contribution in [0.5, 0.6) is 5.75 Å². The average molecular weight is 405 g/mol. The quantitative estimate of drug-likeness (QED) is 0.551. The monoisotopic (exact) mass is 404 g/mol. The molecule has 0 fully saturated rings. The molecular formula is C18H20N4O3S2. The van der Waals surface area contributed by atoms with Crippen molar-refractivity contribution in [1.29, 1.82) is 0 Å². The Bertz CT molecular complexity index is 863. The van der Waals surface area contributed by atoms with Crippen molar-refractivity contribution in [3.63, 3.8) is 0 Å². The van der Waals surface area contributed by atoms with E-state index in [4.69, 9.17) is 9.47 Å². The predicted octanol–water partition coefficient (Wildman–Crippen LogP) is 3.39. The third-order valence-corrected chi connectivity index (χ3v) is 5.41. The Balaban J connectivity index is 1.73. The number of hydrogen-bond donors (Lipinski definition) is 1. The maximum atomic E-state index is 12.1. The Kier molecular flexibility index (Phi) is 6.86. The smallest absolute Gasteiger partial charge is 0.236 e. The molecule has 2 aromatic heterocycles. The standard InChI is InChI=1S/C18H20N4O3S2/c1-24-9-8-22-15(13-3-5-14(25-2)6-4-13)11-20-18(22)27-12-16(23)21-17-19-7-10-26-17/h3-7,10-11H,8-9,12H2,1-2H3,(H,19,21,23). The maximum absolute atomic E-state index is 12.1. The highest BCUT2D eigenvalue weighted by Crippen LogP contribution is 2.27. The summed E-state index contributed by atoms with van der Waals surface area (Å²) in [6, 6.07) is 7.81. The summed E-state index contributed by atoms with van der Waals surface area (Å²) in [6.45, 7) is 1.20. The van der Waals surface area contributed by atoms with Gasteiger partial charge in [-0.1, -0.05) is 11.8 Å². The van der Waals surface area contributed by atoms with Crippen LogP contribution in [0.3, 0.4) is 0 Å². The molecule has 0 spiro atoms. The molecular weight excluding hydrogens is 384 g/mol. The SMILES string of the molecule is COCCn1c(-c2ccc(OC)cc2)cnc1SCC(=O)Nc1nccs1. The zero-order chi connectivity index (χ0) is 19.1. The van der Waals surface area contributed by atoms with Gasteiger partial charge in [0.1, 0.15) is 5.75 Å². The molecule has 9 heteroatoms. The number of benzene rings is 1. The van der Waals surface area contributed by atoms with Crippen molar-refractivity contribution < 1.29 is 14.3 Å². The van der Waals surface area contributed by atoms with Gasteiger partial charge in [0.2, 0.25) is 5.91 Å². The molecule has 0 radical (unpaired) electrons. The molecule has 27 heavy (non-hydrogen) atoms. The van der Waals surface area contributed by atoms with Crippen LogP contribution in [0.4, 0.5) is 5.13 Å². The van der Waals surface area contributed by atoms with Crippen LogP contribution in [0.25, 0.3) is 11.3 Å². The number of thioether (sulfide) groups is 1. The van der Waals surface area contributed by atoms with Crippen LogP contribution in [-0.2, 0) is 16.1 Å². The number of hydrogen-bond acceptors (Lipinski definition) is 7. The van der Waals surface area contributed by atoms with E-state index in [9.17, 15) is 4.79 Å². The van der Waals surface area contributed by atoms with E-state index in [2.05, 4.69) is 19.9 Å². The molecule has 3 aromatic rings. The van der Waals surface area contributed by atoms with E-state index in [1.54, 1.807) is 20.4 Å². The van der Waals surface area contributed by atoms with Crippen LogP contribution in [0.1, 0.15) is 0 Å². The largest absolute Gasteiger partial charge is 0.497 e. The highest BCUT2D eigenvalue weighted by molar-refractivity contribution is 7.99. The average Bonchev–Trinajstić information content (AvgIpc) is 3.34. The van der Waals surface area contributed by atoms with E-state index in [1.165, 1.54) is 23.1 Å². The van der Waals surface area contributed by atoms with Crippen LogP contribution in [0.15, 0.2) is 47.2 Å². The van der Waals surface area contributed by atoms with Gasteiger partial charge in [-0.3, -0.25) is 4.79 Å². The number of ether oxygens (including phenoxy) is 2. The van der Waals surface area contributed by atoms with Crippen molar-refractivity contribution in [2.24, 2.45) is 0 Å². The number of nitrogens with zero attached hydrogens (tertiary/aromatic N) is 3. The molecule has 1 N–H and O–H groups in total. The van der Waals surface area contributed by atoms with Crippen molar-refractivity contribution in [3.05, 3.63) is 42.0 Å². The van der Waals surface area contributed by atoms with E-state index < -0.39 is 0 Å². The van der Waals surface area contributed by atoms with E-state index in [0.29, 0.717) is 18.3 Å². The Hall–Kier alpha value is -2.36. The minimum Gasteiger partial charge on any atom is -0.497 e. The van der Waals surface area contributed by atoms with Crippen molar-refractivity contribution >= 4 is 34.1 Å². The maximum Gasteiger partial charge on any atom is 0.236 e. The van der Waals surface area contributed by atoms with Crippen molar-refractivity contribution in [2.45, 2.75) is 11.7 Å². The first-order chi connectivity index (χ1) is 13.2. The number of anilines is 1. The number of carbonyl (C=O) groups excluding carboxylic acids is 1. The van der Waals surface area contributed by atoms with Crippen LogP contribution in [-0.4, -0.2) is 47.0 Å². The molecule has 1 amide bonds. The highest BCUT2D eigenvalue weighted by Gasteiger charge is 2.14. The first kappa shape index (κ1) is 19.4. The summed E-state index contributed by atoms with van der Waals surface area (Å²) in [5, 5.41) is 5.97. The number of amides is 1. The fourth-order valence-electron chi connectivity index (χ4n) is 2.44. The molecule has 0 bridgehead atoms. The minimum absolute atomic E-state index is 0.109. The van der Waals surface area contributed by atoms with E-state index in [0.717, 1.165) is 22.2 Å². The summed E-state index contributed by atoms with van der Waals surface area (Å²) >= 11 is 2.78. The minimum atomic E-state index is -0.109.